The van der Waals surface area contributed by atoms with Crippen LogP contribution in [0.4, 0.5) is 9.52 Å². The molecule has 2 aromatic carbocycles. The van der Waals surface area contributed by atoms with E-state index in [2.05, 4.69) is 35.4 Å². The van der Waals surface area contributed by atoms with E-state index in [1.54, 1.807) is 24.3 Å². The summed E-state index contributed by atoms with van der Waals surface area (Å²) in [6.45, 7) is 5.85. The molecule has 1 aromatic heterocycles. The van der Waals surface area contributed by atoms with E-state index in [-0.39, 0.29) is 11.9 Å². The zero-order chi connectivity index (χ0) is 15.0. The first-order chi connectivity index (χ1) is 10.0. The molecule has 1 heterocycles. The highest BCUT2D eigenvalue weighted by Crippen LogP contribution is 2.29. The Balaban J connectivity index is 1.85. The molecule has 0 aliphatic carbocycles. The van der Waals surface area contributed by atoms with Gasteiger partial charge in [0.15, 0.2) is 5.13 Å². The SMILES string of the molecule is Cc1ccc2sc(NC(C)c3ccc(C)c(F)c3)nc2c1. The Bertz CT molecular complexity index is 795. The second-order valence-corrected chi connectivity index (χ2v) is 6.40. The van der Waals surface area contributed by atoms with Crippen molar-refractivity contribution in [2.24, 2.45) is 0 Å². The average Bonchev–Trinajstić information content (AvgIpc) is 2.83. The highest BCUT2D eigenvalue weighted by molar-refractivity contribution is 7.22. The van der Waals surface area contributed by atoms with Gasteiger partial charge in [0.1, 0.15) is 5.82 Å². The van der Waals surface area contributed by atoms with E-state index in [1.807, 2.05) is 19.1 Å². The van der Waals surface area contributed by atoms with Crippen molar-refractivity contribution in [2.45, 2.75) is 26.8 Å². The van der Waals surface area contributed by atoms with Crippen molar-refractivity contribution in [2.75, 3.05) is 5.32 Å². The summed E-state index contributed by atoms with van der Waals surface area (Å²) in [6.07, 6.45) is 0. The summed E-state index contributed by atoms with van der Waals surface area (Å²) in [6, 6.07) is 11.6. The molecule has 0 bridgehead atoms. The van der Waals surface area contributed by atoms with Crippen molar-refractivity contribution < 1.29 is 4.39 Å². The highest BCUT2D eigenvalue weighted by Gasteiger charge is 2.10. The lowest BCUT2D eigenvalue weighted by molar-refractivity contribution is 0.614. The van der Waals surface area contributed by atoms with Gasteiger partial charge in [-0.2, -0.15) is 0 Å². The maximum absolute atomic E-state index is 13.6. The van der Waals surface area contributed by atoms with Crippen LogP contribution in [0.15, 0.2) is 36.4 Å². The summed E-state index contributed by atoms with van der Waals surface area (Å²) in [5.41, 5.74) is 3.80. The molecule has 0 amide bonds. The molecule has 0 saturated carbocycles. The molecule has 0 fully saturated rings. The quantitative estimate of drug-likeness (QED) is 0.717. The Morgan fingerprint density at radius 3 is 2.71 bits per heavy atom. The number of rotatable bonds is 3. The number of hydrogen-bond donors (Lipinski definition) is 1. The minimum Gasteiger partial charge on any atom is -0.355 e. The van der Waals surface area contributed by atoms with Crippen LogP contribution in [-0.4, -0.2) is 4.98 Å². The number of hydrogen-bond acceptors (Lipinski definition) is 3. The van der Waals surface area contributed by atoms with E-state index in [4.69, 9.17) is 0 Å². The number of thiazole rings is 1. The van der Waals surface area contributed by atoms with Crippen LogP contribution in [0.25, 0.3) is 10.2 Å². The molecule has 2 nitrogen and oxygen atoms in total. The Labute approximate surface area is 127 Å². The number of halogens is 1. The summed E-state index contributed by atoms with van der Waals surface area (Å²) >= 11 is 1.62. The molecule has 108 valence electrons. The van der Waals surface area contributed by atoms with Gasteiger partial charge in [-0.25, -0.2) is 9.37 Å². The van der Waals surface area contributed by atoms with Gasteiger partial charge >= 0.3 is 0 Å². The van der Waals surface area contributed by atoms with E-state index < -0.39 is 0 Å². The van der Waals surface area contributed by atoms with Crippen LogP contribution in [-0.2, 0) is 0 Å². The van der Waals surface area contributed by atoms with Crippen LogP contribution in [0, 0.1) is 19.7 Å². The molecular weight excluding hydrogens is 283 g/mol. The van der Waals surface area contributed by atoms with E-state index in [1.165, 1.54) is 5.56 Å². The van der Waals surface area contributed by atoms with Crippen molar-refractivity contribution in [3.8, 4) is 0 Å². The largest absolute Gasteiger partial charge is 0.355 e. The highest BCUT2D eigenvalue weighted by atomic mass is 32.1. The van der Waals surface area contributed by atoms with E-state index >= 15 is 0 Å². The molecule has 3 aromatic rings. The van der Waals surface area contributed by atoms with Gasteiger partial charge in [-0.1, -0.05) is 29.5 Å². The van der Waals surface area contributed by atoms with Crippen molar-refractivity contribution in [1.82, 2.24) is 4.98 Å². The monoisotopic (exact) mass is 300 g/mol. The second-order valence-electron chi connectivity index (χ2n) is 5.36. The molecule has 1 atom stereocenters. The molecule has 0 radical (unpaired) electrons. The predicted molar refractivity (Wildman–Crippen MR) is 87.5 cm³/mol. The Hall–Kier alpha value is -1.94. The number of aryl methyl sites for hydroxylation is 2. The normalized spacial score (nSPS) is 12.6. The lowest BCUT2D eigenvalue weighted by atomic mass is 10.1. The molecule has 0 saturated heterocycles. The summed E-state index contributed by atoms with van der Waals surface area (Å²) in [7, 11) is 0. The van der Waals surface area contributed by atoms with Gasteiger partial charge in [-0.15, -0.1) is 0 Å². The van der Waals surface area contributed by atoms with Crippen LogP contribution >= 0.6 is 11.3 Å². The lowest BCUT2D eigenvalue weighted by Crippen LogP contribution is -2.06. The summed E-state index contributed by atoms with van der Waals surface area (Å²) in [4.78, 5) is 4.59. The minimum atomic E-state index is -0.166. The van der Waals surface area contributed by atoms with Crippen molar-refractivity contribution >= 4 is 26.7 Å². The lowest BCUT2D eigenvalue weighted by Gasteiger charge is -2.13. The predicted octanol–water partition coefficient (Wildman–Crippen LogP) is 5.23. The Kier molecular flexibility index (Phi) is 3.64. The topological polar surface area (TPSA) is 24.9 Å². The number of aromatic nitrogens is 1. The van der Waals surface area contributed by atoms with Crippen molar-refractivity contribution in [3.63, 3.8) is 0 Å². The van der Waals surface area contributed by atoms with Crippen LogP contribution in [0.1, 0.15) is 29.7 Å². The van der Waals surface area contributed by atoms with Gasteiger partial charge in [0.25, 0.3) is 0 Å². The number of anilines is 1. The summed E-state index contributed by atoms with van der Waals surface area (Å²) < 4.78 is 14.8. The third-order valence-corrected chi connectivity index (χ3v) is 4.55. The first kappa shape index (κ1) is 14.0. The van der Waals surface area contributed by atoms with Crippen LogP contribution in [0.5, 0.6) is 0 Å². The van der Waals surface area contributed by atoms with Crippen molar-refractivity contribution in [1.29, 1.82) is 0 Å². The molecule has 1 unspecified atom stereocenters. The fourth-order valence-corrected chi connectivity index (χ4v) is 3.18. The molecule has 0 aliphatic rings. The minimum absolute atomic E-state index is 0.0155. The van der Waals surface area contributed by atoms with Gasteiger partial charge in [0.05, 0.1) is 16.3 Å². The van der Waals surface area contributed by atoms with Gasteiger partial charge in [-0.05, 0) is 55.7 Å². The van der Waals surface area contributed by atoms with Gasteiger partial charge in [0, 0.05) is 0 Å². The zero-order valence-electron chi connectivity index (χ0n) is 12.3. The van der Waals surface area contributed by atoms with Gasteiger partial charge in [-0.3, -0.25) is 0 Å². The molecule has 21 heavy (non-hydrogen) atoms. The first-order valence-electron chi connectivity index (χ1n) is 6.93. The van der Waals surface area contributed by atoms with Gasteiger partial charge in [0.2, 0.25) is 0 Å². The molecule has 1 N–H and O–H groups in total. The van der Waals surface area contributed by atoms with Crippen LogP contribution in [0.2, 0.25) is 0 Å². The average molecular weight is 300 g/mol. The fraction of sp³-hybridized carbons (Fsp3) is 0.235. The van der Waals surface area contributed by atoms with Gasteiger partial charge < -0.3 is 5.32 Å². The van der Waals surface area contributed by atoms with E-state index in [0.29, 0.717) is 5.56 Å². The summed E-state index contributed by atoms with van der Waals surface area (Å²) in [5.74, 6) is -0.166. The maximum Gasteiger partial charge on any atom is 0.184 e. The van der Waals surface area contributed by atoms with E-state index in [9.17, 15) is 4.39 Å². The fourth-order valence-electron chi connectivity index (χ4n) is 2.25. The van der Waals surface area contributed by atoms with E-state index in [0.717, 1.165) is 20.9 Å². The molecule has 3 rings (SSSR count). The zero-order valence-corrected chi connectivity index (χ0v) is 13.1. The standard InChI is InChI=1S/C17H17FN2S/c1-10-4-7-16-15(8-10)20-17(21-16)19-12(3)13-6-5-11(2)14(18)9-13/h4-9,12H,1-3H3,(H,19,20). The molecule has 0 spiro atoms. The number of nitrogens with zero attached hydrogens (tertiary/aromatic N) is 1. The van der Waals surface area contributed by atoms with Crippen molar-refractivity contribution in [3.05, 3.63) is 58.9 Å². The molecule has 0 aliphatic heterocycles. The third-order valence-electron chi connectivity index (χ3n) is 3.58. The van der Waals surface area contributed by atoms with Crippen LogP contribution < -0.4 is 5.32 Å². The second kappa shape index (κ2) is 5.45. The number of benzene rings is 2. The first-order valence-corrected chi connectivity index (χ1v) is 7.74. The third kappa shape index (κ3) is 2.90. The molecular formula is C17H17FN2S. The number of nitrogens with one attached hydrogen (secondary N) is 1. The maximum atomic E-state index is 13.6. The Morgan fingerprint density at radius 2 is 1.95 bits per heavy atom. The molecule has 4 heteroatoms. The van der Waals surface area contributed by atoms with Crippen LogP contribution in [0.3, 0.4) is 0 Å². The summed E-state index contributed by atoms with van der Waals surface area (Å²) in [5, 5.41) is 4.22. The number of fused-ring (bicyclic) bond motifs is 1. The smallest absolute Gasteiger partial charge is 0.184 e. The Morgan fingerprint density at radius 1 is 1.14 bits per heavy atom.